The Bertz CT molecular complexity index is 384. The molecular formula is C13H17ClO4. The number of esters is 1. The topological polar surface area (TPSA) is 66.8 Å². The summed E-state index contributed by atoms with van der Waals surface area (Å²) >= 11 is 5.66. The summed E-state index contributed by atoms with van der Waals surface area (Å²) in [6.07, 6.45) is 0. The maximum Gasteiger partial charge on any atom is 0.316 e. The zero-order valence-electron chi connectivity index (χ0n) is 10.2. The summed E-state index contributed by atoms with van der Waals surface area (Å²) in [6.45, 7) is 0.657. The van der Waals surface area contributed by atoms with Gasteiger partial charge in [0.25, 0.3) is 0 Å². The normalized spacial score (nSPS) is 11.3. The average Bonchev–Trinajstić information content (AvgIpc) is 2.44. The van der Waals surface area contributed by atoms with E-state index in [4.69, 9.17) is 26.6 Å². The van der Waals surface area contributed by atoms with E-state index in [0.717, 1.165) is 11.1 Å². The van der Waals surface area contributed by atoms with Gasteiger partial charge in [-0.3, -0.25) is 4.79 Å². The molecule has 0 radical (unpaired) electrons. The predicted octanol–water partition coefficient (Wildman–Crippen LogP) is 1.46. The minimum atomic E-state index is -1.25. The molecule has 0 fully saturated rings. The average molecular weight is 273 g/mol. The van der Waals surface area contributed by atoms with Gasteiger partial charge in [0.05, 0.1) is 13.2 Å². The molecule has 0 amide bonds. The minimum absolute atomic E-state index is 0.108. The molecule has 2 N–H and O–H groups in total. The number of ether oxygens (including phenoxy) is 1. The molecule has 18 heavy (non-hydrogen) atoms. The highest BCUT2D eigenvalue weighted by atomic mass is 35.5. The van der Waals surface area contributed by atoms with E-state index >= 15 is 0 Å². The van der Waals surface area contributed by atoms with Crippen LogP contribution < -0.4 is 0 Å². The number of benzene rings is 1. The van der Waals surface area contributed by atoms with E-state index in [1.807, 2.05) is 24.3 Å². The second-order valence-corrected chi connectivity index (χ2v) is 4.67. The Kier molecular flexibility index (Phi) is 5.59. The lowest BCUT2D eigenvalue weighted by molar-refractivity contribution is -0.161. The molecule has 0 unspecified atom stereocenters. The van der Waals surface area contributed by atoms with Gasteiger partial charge in [0.1, 0.15) is 12.0 Å². The van der Waals surface area contributed by atoms with Crippen molar-refractivity contribution in [3.05, 3.63) is 35.4 Å². The number of rotatable bonds is 6. The van der Waals surface area contributed by atoms with Crippen molar-refractivity contribution in [2.75, 3.05) is 13.2 Å². The van der Waals surface area contributed by atoms with E-state index < -0.39 is 24.6 Å². The van der Waals surface area contributed by atoms with Gasteiger partial charge >= 0.3 is 5.97 Å². The van der Waals surface area contributed by atoms with Crippen molar-refractivity contribution < 1.29 is 19.7 Å². The zero-order valence-corrected chi connectivity index (χ0v) is 11.0. The maximum atomic E-state index is 11.7. The van der Waals surface area contributed by atoms with Crippen molar-refractivity contribution in [2.24, 2.45) is 5.41 Å². The Morgan fingerprint density at radius 1 is 1.22 bits per heavy atom. The van der Waals surface area contributed by atoms with Gasteiger partial charge in [-0.25, -0.2) is 0 Å². The number of halogens is 1. The number of hydrogen-bond donors (Lipinski definition) is 2. The first-order chi connectivity index (χ1) is 8.55. The number of carbonyl (C=O) groups excluding carboxylic acids is 1. The van der Waals surface area contributed by atoms with Crippen LogP contribution in [0.5, 0.6) is 0 Å². The van der Waals surface area contributed by atoms with Crippen LogP contribution in [-0.4, -0.2) is 29.4 Å². The molecule has 0 heterocycles. The van der Waals surface area contributed by atoms with E-state index in [1.54, 1.807) is 0 Å². The van der Waals surface area contributed by atoms with E-state index in [0.29, 0.717) is 5.88 Å². The maximum absolute atomic E-state index is 11.7. The van der Waals surface area contributed by atoms with Crippen LogP contribution in [0.15, 0.2) is 24.3 Å². The molecule has 0 aliphatic heterocycles. The van der Waals surface area contributed by atoms with E-state index in [2.05, 4.69) is 0 Å². The van der Waals surface area contributed by atoms with Crippen molar-refractivity contribution in [1.82, 2.24) is 0 Å². The number of carbonyl (C=O) groups is 1. The second kappa shape index (κ2) is 6.73. The standard InChI is InChI=1S/C13H17ClO4/c1-13(8-15,9-16)12(17)18-7-11-4-2-10(6-14)3-5-11/h2-5,15-16H,6-9H2,1H3. The summed E-state index contributed by atoms with van der Waals surface area (Å²) in [4.78, 5) is 11.7. The summed E-state index contributed by atoms with van der Waals surface area (Å²) in [5, 5.41) is 18.1. The van der Waals surface area contributed by atoms with E-state index in [1.165, 1.54) is 6.92 Å². The first-order valence-electron chi connectivity index (χ1n) is 5.58. The fourth-order valence-electron chi connectivity index (χ4n) is 1.23. The molecule has 0 bridgehead atoms. The van der Waals surface area contributed by atoms with Gasteiger partial charge in [0, 0.05) is 5.88 Å². The lowest BCUT2D eigenvalue weighted by Gasteiger charge is -2.22. The molecule has 4 nitrogen and oxygen atoms in total. The van der Waals surface area contributed by atoms with Crippen LogP contribution in [0.25, 0.3) is 0 Å². The zero-order chi connectivity index (χ0) is 13.6. The Labute approximate surface area is 111 Å². The predicted molar refractivity (Wildman–Crippen MR) is 68.1 cm³/mol. The second-order valence-electron chi connectivity index (χ2n) is 4.40. The lowest BCUT2D eigenvalue weighted by Crippen LogP contribution is -2.36. The van der Waals surface area contributed by atoms with Crippen molar-refractivity contribution >= 4 is 17.6 Å². The molecule has 5 heteroatoms. The third-order valence-electron chi connectivity index (χ3n) is 2.74. The molecule has 0 aliphatic carbocycles. The van der Waals surface area contributed by atoms with Crippen LogP contribution in [0.3, 0.4) is 0 Å². The highest BCUT2D eigenvalue weighted by Crippen LogP contribution is 2.17. The number of aliphatic hydroxyl groups is 2. The fourth-order valence-corrected chi connectivity index (χ4v) is 1.40. The molecule has 0 saturated heterocycles. The summed E-state index contributed by atoms with van der Waals surface area (Å²) in [5.74, 6) is -0.179. The molecule has 0 aromatic heterocycles. The molecular weight excluding hydrogens is 256 g/mol. The molecule has 1 aromatic rings. The van der Waals surface area contributed by atoms with Crippen molar-refractivity contribution in [2.45, 2.75) is 19.4 Å². The van der Waals surface area contributed by atoms with Gasteiger partial charge in [-0.05, 0) is 18.1 Å². The molecule has 0 saturated carbocycles. The molecule has 0 spiro atoms. The van der Waals surface area contributed by atoms with Gasteiger partial charge < -0.3 is 14.9 Å². The fraction of sp³-hybridized carbons (Fsp3) is 0.462. The van der Waals surface area contributed by atoms with Crippen LogP contribution >= 0.6 is 11.6 Å². The number of aliphatic hydroxyl groups excluding tert-OH is 2. The van der Waals surface area contributed by atoms with Gasteiger partial charge in [0.15, 0.2) is 0 Å². The van der Waals surface area contributed by atoms with Gasteiger partial charge in [0.2, 0.25) is 0 Å². The molecule has 0 aliphatic rings. The van der Waals surface area contributed by atoms with Gasteiger partial charge in [-0.15, -0.1) is 11.6 Å². The third kappa shape index (κ3) is 3.70. The molecule has 1 aromatic carbocycles. The van der Waals surface area contributed by atoms with Crippen LogP contribution in [0.4, 0.5) is 0 Å². The van der Waals surface area contributed by atoms with Gasteiger partial charge in [-0.2, -0.15) is 0 Å². The molecule has 0 atom stereocenters. The van der Waals surface area contributed by atoms with E-state index in [9.17, 15) is 4.79 Å². The van der Waals surface area contributed by atoms with Crippen molar-refractivity contribution in [3.8, 4) is 0 Å². The summed E-state index contributed by atoms with van der Waals surface area (Å²) in [7, 11) is 0. The smallest absolute Gasteiger partial charge is 0.316 e. The monoisotopic (exact) mass is 272 g/mol. The summed E-state index contributed by atoms with van der Waals surface area (Å²) < 4.78 is 5.06. The SMILES string of the molecule is CC(CO)(CO)C(=O)OCc1ccc(CCl)cc1. The van der Waals surface area contributed by atoms with Crippen molar-refractivity contribution in [3.63, 3.8) is 0 Å². The number of alkyl halides is 1. The summed E-state index contributed by atoms with van der Waals surface area (Å²) in [5.41, 5.74) is 0.563. The van der Waals surface area contributed by atoms with Crippen LogP contribution in [0.2, 0.25) is 0 Å². The minimum Gasteiger partial charge on any atom is -0.460 e. The summed E-state index contributed by atoms with van der Waals surface area (Å²) in [6, 6.07) is 7.35. The van der Waals surface area contributed by atoms with Crippen LogP contribution in [0.1, 0.15) is 18.1 Å². The Hall–Kier alpha value is -1.10. The highest BCUT2D eigenvalue weighted by Gasteiger charge is 2.33. The Morgan fingerprint density at radius 3 is 2.17 bits per heavy atom. The highest BCUT2D eigenvalue weighted by molar-refractivity contribution is 6.17. The van der Waals surface area contributed by atoms with Crippen molar-refractivity contribution in [1.29, 1.82) is 0 Å². The quantitative estimate of drug-likeness (QED) is 0.608. The third-order valence-corrected chi connectivity index (χ3v) is 3.05. The van der Waals surface area contributed by atoms with E-state index in [-0.39, 0.29) is 6.61 Å². The molecule has 100 valence electrons. The van der Waals surface area contributed by atoms with Gasteiger partial charge in [-0.1, -0.05) is 24.3 Å². The van der Waals surface area contributed by atoms with Crippen LogP contribution in [0, 0.1) is 5.41 Å². The first kappa shape index (κ1) is 15.0. The Morgan fingerprint density at radius 2 is 1.72 bits per heavy atom. The Balaban J connectivity index is 2.56. The first-order valence-corrected chi connectivity index (χ1v) is 6.12. The number of hydrogen-bond acceptors (Lipinski definition) is 4. The molecule has 1 rings (SSSR count). The van der Waals surface area contributed by atoms with Crippen LogP contribution in [-0.2, 0) is 22.0 Å². The largest absolute Gasteiger partial charge is 0.460 e. The lowest BCUT2D eigenvalue weighted by atomic mass is 9.93.